The highest BCUT2D eigenvalue weighted by atomic mass is 15.2. The van der Waals surface area contributed by atoms with Crippen LogP contribution in [-0.4, -0.2) is 9.55 Å². The van der Waals surface area contributed by atoms with Crippen molar-refractivity contribution in [2.45, 2.75) is 32.2 Å². The van der Waals surface area contributed by atoms with Crippen molar-refractivity contribution >= 4 is 5.95 Å². The first-order valence-corrected chi connectivity index (χ1v) is 6.22. The highest BCUT2D eigenvalue weighted by Gasteiger charge is 2.18. The number of anilines is 1. The maximum atomic E-state index is 6.02. The van der Waals surface area contributed by atoms with E-state index in [0.717, 1.165) is 19.4 Å². The Balaban J connectivity index is 1.95. The average Bonchev–Trinajstić information content (AvgIpc) is 2.68. The molecule has 0 saturated carbocycles. The minimum absolute atomic E-state index is 0.667. The smallest absolute Gasteiger partial charge is 0.200 e. The van der Waals surface area contributed by atoms with Gasteiger partial charge in [-0.3, -0.25) is 0 Å². The standard InChI is InChI=1S/C14H17N3/c15-14-16-12-8-4-5-9-13(12)17(14)10-11-6-2-1-3-7-11/h1-3,6-7H,4-5,8-10H2,(H2,15,16). The van der Waals surface area contributed by atoms with E-state index in [1.54, 1.807) is 0 Å². The first-order chi connectivity index (χ1) is 8.34. The van der Waals surface area contributed by atoms with Crippen LogP contribution in [0.5, 0.6) is 0 Å². The summed E-state index contributed by atoms with van der Waals surface area (Å²) in [6, 6.07) is 10.4. The van der Waals surface area contributed by atoms with E-state index in [4.69, 9.17) is 5.73 Å². The van der Waals surface area contributed by atoms with Crippen LogP contribution < -0.4 is 5.73 Å². The molecule has 3 nitrogen and oxygen atoms in total. The highest BCUT2D eigenvalue weighted by Crippen LogP contribution is 2.24. The van der Waals surface area contributed by atoms with Crippen molar-refractivity contribution < 1.29 is 0 Å². The van der Waals surface area contributed by atoms with Crippen LogP contribution in [0.25, 0.3) is 0 Å². The number of aromatic nitrogens is 2. The predicted octanol–water partition coefficient (Wildman–Crippen LogP) is 2.39. The highest BCUT2D eigenvalue weighted by molar-refractivity contribution is 5.32. The maximum Gasteiger partial charge on any atom is 0.200 e. The van der Waals surface area contributed by atoms with Gasteiger partial charge in [0.1, 0.15) is 0 Å². The van der Waals surface area contributed by atoms with Crippen LogP contribution in [0.2, 0.25) is 0 Å². The van der Waals surface area contributed by atoms with Gasteiger partial charge in [-0.1, -0.05) is 30.3 Å². The molecule has 1 heterocycles. The Kier molecular flexibility index (Phi) is 2.59. The Bertz CT molecular complexity index is 514. The number of benzene rings is 1. The maximum absolute atomic E-state index is 6.02. The number of nitrogens with two attached hydrogens (primary N) is 1. The Hall–Kier alpha value is -1.77. The van der Waals surface area contributed by atoms with Crippen molar-refractivity contribution in [3.63, 3.8) is 0 Å². The quantitative estimate of drug-likeness (QED) is 0.856. The minimum Gasteiger partial charge on any atom is -0.369 e. The molecule has 0 unspecified atom stereocenters. The minimum atomic E-state index is 0.667. The fourth-order valence-electron chi connectivity index (χ4n) is 2.56. The lowest BCUT2D eigenvalue weighted by molar-refractivity contribution is 0.630. The van der Waals surface area contributed by atoms with E-state index >= 15 is 0 Å². The molecule has 2 N–H and O–H groups in total. The largest absolute Gasteiger partial charge is 0.369 e. The second-order valence-electron chi connectivity index (χ2n) is 4.64. The van der Waals surface area contributed by atoms with E-state index in [0.29, 0.717) is 5.95 Å². The molecule has 1 aromatic heterocycles. The third-order valence-electron chi connectivity index (χ3n) is 3.45. The SMILES string of the molecule is Nc1nc2c(n1Cc1ccccc1)CCCC2. The third kappa shape index (κ3) is 1.93. The molecule has 3 rings (SSSR count). The van der Waals surface area contributed by atoms with Crippen molar-refractivity contribution in [2.24, 2.45) is 0 Å². The van der Waals surface area contributed by atoms with Crippen LogP contribution in [0.1, 0.15) is 29.8 Å². The van der Waals surface area contributed by atoms with Crippen molar-refractivity contribution in [1.29, 1.82) is 0 Å². The summed E-state index contributed by atoms with van der Waals surface area (Å²) in [5.74, 6) is 0.667. The lowest BCUT2D eigenvalue weighted by Gasteiger charge is -2.14. The molecule has 0 atom stereocenters. The van der Waals surface area contributed by atoms with Crippen molar-refractivity contribution in [2.75, 3.05) is 5.73 Å². The Morgan fingerprint density at radius 2 is 1.88 bits per heavy atom. The molecule has 17 heavy (non-hydrogen) atoms. The molecule has 1 aromatic carbocycles. The number of aryl methyl sites for hydroxylation is 1. The number of nitrogen functional groups attached to an aromatic ring is 1. The summed E-state index contributed by atoms with van der Waals surface area (Å²) in [6.07, 6.45) is 4.70. The van der Waals surface area contributed by atoms with Gasteiger partial charge in [0, 0.05) is 5.69 Å². The molecule has 0 spiro atoms. The zero-order valence-corrected chi connectivity index (χ0v) is 9.89. The molecule has 0 fully saturated rings. The Morgan fingerprint density at radius 1 is 1.12 bits per heavy atom. The van der Waals surface area contributed by atoms with Gasteiger partial charge in [-0.25, -0.2) is 4.98 Å². The van der Waals surface area contributed by atoms with E-state index in [2.05, 4.69) is 33.8 Å². The van der Waals surface area contributed by atoms with Crippen LogP contribution in [0, 0.1) is 0 Å². The summed E-state index contributed by atoms with van der Waals surface area (Å²) in [4.78, 5) is 4.49. The second-order valence-corrected chi connectivity index (χ2v) is 4.64. The summed E-state index contributed by atoms with van der Waals surface area (Å²) in [6.45, 7) is 0.842. The molecule has 1 aliphatic carbocycles. The Labute approximate surface area is 101 Å². The molecule has 0 saturated heterocycles. The van der Waals surface area contributed by atoms with Gasteiger partial charge < -0.3 is 10.3 Å². The summed E-state index contributed by atoms with van der Waals surface area (Å²) < 4.78 is 2.17. The fraction of sp³-hybridized carbons (Fsp3) is 0.357. The number of nitrogens with zero attached hydrogens (tertiary/aromatic N) is 2. The lowest BCUT2D eigenvalue weighted by atomic mass is 10.0. The topological polar surface area (TPSA) is 43.8 Å². The fourth-order valence-corrected chi connectivity index (χ4v) is 2.56. The number of hydrogen-bond acceptors (Lipinski definition) is 2. The van der Waals surface area contributed by atoms with Gasteiger partial charge in [-0.05, 0) is 31.2 Å². The zero-order valence-electron chi connectivity index (χ0n) is 9.89. The van der Waals surface area contributed by atoms with Crippen LogP contribution >= 0.6 is 0 Å². The van der Waals surface area contributed by atoms with Crippen LogP contribution in [0.15, 0.2) is 30.3 Å². The van der Waals surface area contributed by atoms with Crippen molar-refractivity contribution in [1.82, 2.24) is 9.55 Å². The second kappa shape index (κ2) is 4.24. The summed E-state index contributed by atoms with van der Waals surface area (Å²) in [7, 11) is 0. The molecule has 0 bridgehead atoms. The van der Waals surface area contributed by atoms with Gasteiger partial charge in [-0.15, -0.1) is 0 Å². The molecule has 0 aliphatic heterocycles. The Morgan fingerprint density at radius 3 is 2.71 bits per heavy atom. The van der Waals surface area contributed by atoms with Crippen LogP contribution in [0.3, 0.4) is 0 Å². The van der Waals surface area contributed by atoms with Gasteiger partial charge in [0.2, 0.25) is 5.95 Å². The zero-order chi connectivity index (χ0) is 11.7. The molecule has 2 aromatic rings. The number of imidazole rings is 1. The van der Waals surface area contributed by atoms with Crippen molar-refractivity contribution in [3.05, 3.63) is 47.3 Å². The van der Waals surface area contributed by atoms with E-state index in [-0.39, 0.29) is 0 Å². The molecule has 88 valence electrons. The van der Waals surface area contributed by atoms with Gasteiger partial charge >= 0.3 is 0 Å². The molecular weight excluding hydrogens is 210 g/mol. The lowest BCUT2D eigenvalue weighted by Crippen LogP contribution is -2.11. The van der Waals surface area contributed by atoms with E-state index in [9.17, 15) is 0 Å². The molecule has 0 amide bonds. The van der Waals surface area contributed by atoms with Crippen LogP contribution in [0.4, 0.5) is 5.95 Å². The normalized spacial score (nSPS) is 14.6. The third-order valence-corrected chi connectivity index (χ3v) is 3.45. The molecular formula is C14H17N3. The predicted molar refractivity (Wildman–Crippen MR) is 68.8 cm³/mol. The van der Waals surface area contributed by atoms with Gasteiger partial charge in [0.25, 0.3) is 0 Å². The first-order valence-electron chi connectivity index (χ1n) is 6.22. The molecule has 1 aliphatic rings. The summed E-state index contributed by atoms with van der Waals surface area (Å²) in [5.41, 5.74) is 9.86. The molecule has 0 radical (unpaired) electrons. The summed E-state index contributed by atoms with van der Waals surface area (Å²) in [5, 5.41) is 0. The van der Waals surface area contributed by atoms with E-state index in [1.807, 2.05) is 6.07 Å². The van der Waals surface area contributed by atoms with Gasteiger partial charge in [-0.2, -0.15) is 0 Å². The van der Waals surface area contributed by atoms with E-state index in [1.165, 1.54) is 29.8 Å². The van der Waals surface area contributed by atoms with Gasteiger partial charge in [0.15, 0.2) is 0 Å². The van der Waals surface area contributed by atoms with Gasteiger partial charge in [0.05, 0.1) is 12.2 Å². The van der Waals surface area contributed by atoms with Crippen molar-refractivity contribution in [3.8, 4) is 0 Å². The first kappa shape index (κ1) is 10.4. The number of hydrogen-bond donors (Lipinski definition) is 1. The number of rotatable bonds is 2. The average molecular weight is 227 g/mol. The van der Waals surface area contributed by atoms with Crippen LogP contribution in [-0.2, 0) is 19.4 Å². The monoisotopic (exact) mass is 227 g/mol. The molecule has 3 heteroatoms. The van der Waals surface area contributed by atoms with E-state index < -0.39 is 0 Å². The summed E-state index contributed by atoms with van der Waals surface area (Å²) >= 11 is 0. The number of fused-ring (bicyclic) bond motifs is 1.